The van der Waals surface area contributed by atoms with Gasteiger partial charge >= 0.3 is 0 Å². The van der Waals surface area contributed by atoms with Crippen LogP contribution in [0.15, 0.2) is 83.9 Å². The molecule has 0 saturated carbocycles. The highest BCUT2D eigenvalue weighted by Crippen LogP contribution is 2.31. The summed E-state index contributed by atoms with van der Waals surface area (Å²) >= 11 is 0. The van der Waals surface area contributed by atoms with Gasteiger partial charge < -0.3 is 15.0 Å². The SMILES string of the molecule is CN(C)C(=O)c1ccc(N=C(c2ccccc2)c2c(O)[nH]c3ccccc23)cc1. The lowest BCUT2D eigenvalue weighted by molar-refractivity contribution is 0.0827. The normalized spacial score (nSPS) is 11.6. The Labute approximate surface area is 169 Å². The first-order chi connectivity index (χ1) is 14.0. The fraction of sp³-hybridized carbons (Fsp3) is 0.0833. The minimum absolute atomic E-state index is 0.0573. The second kappa shape index (κ2) is 7.64. The Morgan fingerprint density at radius 3 is 2.21 bits per heavy atom. The monoisotopic (exact) mass is 383 g/mol. The number of hydrogen-bond donors (Lipinski definition) is 2. The zero-order chi connectivity index (χ0) is 20.4. The van der Waals surface area contributed by atoms with Crippen LogP contribution >= 0.6 is 0 Å². The number of carbonyl (C=O) groups excluding carboxylic acids is 1. The van der Waals surface area contributed by atoms with Crippen molar-refractivity contribution in [1.29, 1.82) is 0 Å². The van der Waals surface area contributed by atoms with E-state index in [1.54, 1.807) is 26.2 Å². The number of hydrogen-bond acceptors (Lipinski definition) is 3. The molecule has 5 heteroatoms. The summed E-state index contributed by atoms with van der Waals surface area (Å²) in [4.78, 5) is 21.5. The molecule has 1 heterocycles. The molecule has 0 spiro atoms. The summed E-state index contributed by atoms with van der Waals surface area (Å²) in [5, 5.41) is 11.5. The molecule has 0 aliphatic rings. The number of para-hydroxylation sites is 1. The van der Waals surface area contributed by atoms with E-state index in [-0.39, 0.29) is 11.8 Å². The molecular weight excluding hydrogens is 362 g/mol. The minimum atomic E-state index is -0.0573. The number of aromatic amines is 1. The first-order valence-corrected chi connectivity index (χ1v) is 9.30. The van der Waals surface area contributed by atoms with Crippen LogP contribution in [0.25, 0.3) is 10.9 Å². The average molecular weight is 383 g/mol. The Kier molecular flexibility index (Phi) is 4.87. The van der Waals surface area contributed by atoms with Crippen LogP contribution < -0.4 is 0 Å². The first-order valence-electron chi connectivity index (χ1n) is 9.30. The van der Waals surface area contributed by atoms with Crippen LogP contribution in [0.3, 0.4) is 0 Å². The minimum Gasteiger partial charge on any atom is -0.494 e. The van der Waals surface area contributed by atoms with E-state index >= 15 is 0 Å². The number of aromatic hydroxyl groups is 1. The van der Waals surface area contributed by atoms with Gasteiger partial charge in [0.15, 0.2) is 5.88 Å². The predicted molar refractivity (Wildman–Crippen MR) is 116 cm³/mol. The summed E-state index contributed by atoms with van der Waals surface area (Å²) in [5.74, 6) is 0.0197. The van der Waals surface area contributed by atoms with Crippen molar-refractivity contribution in [2.45, 2.75) is 0 Å². The molecule has 0 bridgehead atoms. The third-order valence-electron chi connectivity index (χ3n) is 4.73. The van der Waals surface area contributed by atoms with Crippen molar-refractivity contribution in [3.05, 3.63) is 95.6 Å². The molecular formula is C24H21N3O2. The Morgan fingerprint density at radius 1 is 0.862 bits per heavy atom. The summed E-state index contributed by atoms with van der Waals surface area (Å²) in [6.07, 6.45) is 0. The van der Waals surface area contributed by atoms with Crippen molar-refractivity contribution in [2.75, 3.05) is 14.1 Å². The molecule has 4 rings (SSSR count). The van der Waals surface area contributed by atoms with Crippen LogP contribution in [0.1, 0.15) is 21.5 Å². The van der Waals surface area contributed by atoms with Crippen LogP contribution in [0, 0.1) is 0 Å². The van der Waals surface area contributed by atoms with Gasteiger partial charge in [-0.2, -0.15) is 0 Å². The van der Waals surface area contributed by atoms with Crippen LogP contribution in [-0.4, -0.2) is 40.7 Å². The maximum absolute atomic E-state index is 12.1. The van der Waals surface area contributed by atoms with E-state index in [0.717, 1.165) is 16.5 Å². The molecule has 0 aliphatic carbocycles. The Morgan fingerprint density at radius 2 is 1.52 bits per heavy atom. The quantitative estimate of drug-likeness (QED) is 0.500. The van der Waals surface area contributed by atoms with Crippen molar-refractivity contribution in [1.82, 2.24) is 9.88 Å². The summed E-state index contributed by atoms with van der Waals surface area (Å²) in [6.45, 7) is 0. The molecule has 5 nitrogen and oxygen atoms in total. The maximum atomic E-state index is 12.1. The molecule has 1 amide bonds. The van der Waals surface area contributed by atoms with E-state index < -0.39 is 0 Å². The van der Waals surface area contributed by atoms with Gasteiger partial charge in [0.2, 0.25) is 0 Å². The molecule has 0 unspecified atom stereocenters. The van der Waals surface area contributed by atoms with Crippen LogP contribution in [0.4, 0.5) is 5.69 Å². The van der Waals surface area contributed by atoms with Gasteiger partial charge in [0.1, 0.15) is 0 Å². The Bertz CT molecular complexity index is 1190. The second-order valence-corrected chi connectivity index (χ2v) is 6.97. The number of fused-ring (bicyclic) bond motifs is 1. The second-order valence-electron chi connectivity index (χ2n) is 6.97. The zero-order valence-corrected chi connectivity index (χ0v) is 16.3. The molecule has 0 atom stereocenters. The Hall–Kier alpha value is -3.86. The molecule has 0 radical (unpaired) electrons. The fourth-order valence-electron chi connectivity index (χ4n) is 3.29. The highest BCUT2D eigenvalue weighted by atomic mass is 16.3. The van der Waals surface area contributed by atoms with E-state index in [1.807, 2.05) is 66.7 Å². The van der Waals surface area contributed by atoms with Gasteiger partial charge in [-0.3, -0.25) is 4.79 Å². The number of benzene rings is 3. The third kappa shape index (κ3) is 3.62. The molecule has 0 saturated heterocycles. The van der Waals surface area contributed by atoms with Crippen molar-refractivity contribution >= 4 is 28.2 Å². The Balaban J connectivity index is 1.86. The lowest BCUT2D eigenvalue weighted by Gasteiger charge is -2.10. The maximum Gasteiger partial charge on any atom is 0.253 e. The average Bonchev–Trinajstić information content (AvgIpc) is 3.08. The summed E-state index contributed by atoms with van der Waals surface area (Å²) in [7, 11) is 3.45. The summed E-state index contributed by atoms with van der Waals surface area (Å²) in [6, 6.07) is 24.6. The standard InChI is InChI=1S/C24H21N3O2/c1-27(2)24(29)17-12-14-18(15-13-17)25-22(16-8-4-3-5-9-16)21-19-10-6-7-11-20(19)26-23(21)28/h3-15,26,28H,1-2H3. The summed E-state index contributed by atoms with van der Waals surface area (Å²) < 4.78 is 0. The van der Waals surface area contributed by atoms with Gasteiger partial charge in [0.05, 0.1) is 17.0 Å². The van der Waals surface area contributed by atoms with Crippen molar-refractivity contribution in [2.24, 2.45) is 4.99 Å². The van der Waals surface area contributed by atoms with Crippen molar-refractivity contribution < 1.29 is 9.90 Å². The first kappa shape index (κ1) is 18.5. The third-order valence-corrected chi connectivity index (χ3v) is 4.73. The number of nitrogens with one attached hydrogen (secondary N) is 1. The number of nitrogens with zero attached hydrogens (tertiary/aromatic N) is 2. The molecule has 1 aromatic heterocycles. The smallest absolute Gasteiger partial charge is 0.253 e. The predicted octanol–water partition coefficient (Wildman–Crippen LogP) is 4.74. The lowest BCUT2D eigenvalue weighted by atomic mass is 10.0. The highest BCUT2D eigenvalue weighted by Gasteiger charge is 2.18. The zero-order valence-electron chi connectivity index (χ0n) is 16.3. The van der Waals surface area contributed by atoms with Crippen LogP contribution in [-0.2, 0) is 0 Å². The van der Waals surface area contributed by atoms with Gasteiger partial charge in [-0.15, -0.1) is 0 Å². The van der Waals surface area contributed by atoms with E-state index in [1.165, 1.54) is 4.90 Å². The van der Waals surface area contributed by atoms with E-state index in [9.17, 15) is 9.90 Å². The number of H-pyrrole nitrogens is 1. The molecule has 144 valence electrons. The molecule has 0 aliphatic heterocycles. The van der Waals surface area contributed by atoms with Crippen molar-refractivity contribution in [3.63, 3.8) is 0 Å². The highest BCUT2D eigenvalue weighted by molar-refractivity contribution is 6.21. The van der Waals surface area contributed by atoms with Crippen molar-refractivity contribution in [3.8, 4) is 5.88 Å². The largest absolute Gasteiger partial charge is 0.494 e. The number of rotatable bonds is 4. The van der Waals surface area contributed by atoms with E-state index in [0.29, 0.717) is 22.5 Å². The van der Waals surface area contributed by atoms with E-state index in [4.69, 9.17) is 4.99 Å². The number of amides is 1. The van der Waals surface area contributed by atoms with Gasteiger partial charge in [-0.05, 0) is 30.3 Å². The topological polar surface area (TPSA) is 68.7 Å². The van der Waals surface area contributed by atoms with Gasteiger partial charge in [0.25, 0.3) is 5.91 Å². The van der Waals surface area contributed by atoms with Crippen LogP contribution in [0.5, 0.6) is 5.88 Å². The van der Waals surface area contributed by atoms with Gasteiger partial charge in [-0.1, -0.05) is 48.5 Å². The fourth-order valence-corrected chi connectivity index (χ4v) is 3.29. The molecule has 0 fully saturated rings. The van der Waals surface area contributed by atoms with Gasteiger partial charge in [0, 0.05) is 36.1 Å². The lowest BCUT2D eigenvalue weighted by Crippen LogP contribution is -2.21. The number of aliphatic imine (C=N–C) groups is 1. The number of carbonyl (C=O) groups is 1. The molecule has 29 heavy (non-hydrogen) atoms. The molecule has 2 N–H and O–H groups in total. The molecule has 3 aromatic carbocycles. The van der Waals surface area contributed by atoms with E-state index in [2.05, 4.69) is 4.98 Å². The van der Waals surface area contributed by atoms with Gasteiger partial charge in [-0.25, -0.2) is 4.99 Å². The number of aromatic nitrogens is 1. The molecule has 4 aromatic rings. The van der Waals surface area contributed by atoms with Crippen LogP contribution in [0.2, 0.25) is 0 Å². The summed E-state index contributed by atoms with van der Waals surface area (Å²) in [5.41, 5.74) is 4.35.